The van der Waals surface area contributed by atoms with Crippen molar-refractivity contribution in [2.75, 3.05) is 0 Å². The van der Waals surface area contributed by atoms with Crippen LogP contribution in [0, 0.1) is 29.6 Å². The van der Waals surface area contributed by atoms with E-state index in [0.29, 0.717) is 0 Å². The minimum absolute atomic E-state index is 0.105. The number of carbonyl (C=O) groups is 3. The topological polar surface area (TPSA) is 74.7 Å². The van der Waals surface area contributed by atoms with E-state index in [1.807, 2.05) is 12.2 Å². The van der Waals surface area contributed by atoms with Gasteiger partial charge in [-0.25, -0.2) is 4.79 Å². The third kappa shape index (κ3) is 1.65. The van der Waals surface area contributed by atoms with Crippen LogP contribution in [-0.4, -0.2) is 33.8 Å². The molecular formula is C15H19NO4. The fourth-order valence-electron chi connectivity index (χ4n) is 4.07. The highest BCUT2D eigenvalue weighted by Gasteiger charge is 2.59. The fourth-order valence-corrected chi connectivity index (χ4v) is 4.07. The van der Waals surface area contributed by atoms with Crippen molar-refractivity contribution < 1.29 is 19.5 Å². The number of likely N-dealkylation sites (tertiary alicyclic amines) is 1. The molecule has 2 bridgehead atoms. The number of aliphatic carboxylic acids is 1. The summed E-state index contributed by atoms with van der Waals surface area (Å²) >= 11 is 0. The van der Waals surface area contributed by atoms with Gasteiger partial charge in [0.05, 0.1) is 11.8 Å². The maximum absolute atomic E-state index is 12.6. The van der Waals surface area contributed by atoms with E-state index < -0.39 is 12.0 Å². The number of allylic oxidation sites excluding steroid dienone is 2. The van der Waals surface area contributed by atoms with Gasteiger partial charge in [-0.2, -0.15) is 0 Å². The molecule has 4 aliphatic rings. The Labute approximate surface area is 117 Å². The maximum atomic E-state index is 12.6. The number of carboxylic acids is 1. The molecule has 1 N–H and O–H groups in total. The summed E-state index contributed by atoms with van der Waals surface area (Å²) in [6, 6.07) is -1.04. The van der Waals surface area contributed by atoms with Gasteiger partial charge in [0.15, 0.2) is 0 Å². The number of fused-ring (bicyclic) bond motifs is 1. The van der Waals surface area contributed by atoms with E-state index in [0.717, 1.165) is 17.7 Å². The molecule has 4 rings (SSSR count). The summed E-state index contributed by atoms with van der Waals surface area (Å²) in [4.78, 5) is 37.7. The van der Waals surface area contributed by atoms with Crippen LogP contribution in [0.2, 0.25) is 0 Å². The van der Waals surface area contributed by atoms with Crippen LogP contribution in [0.5, 0.6) is 0 Å². The van der Waals surface area contributed by atoms with Crippen LogP contribution in [0.25, 0.3) is 0 Å². The SMILES string of the molecule is CC(C)C(C(=O)O)N1C(=O)C2C3C=CC(CC3)C2C1=O. The number of imide groups is 1. The lowest BCUT2D eigenvalue weighted by Crippen LogP contribution is -2.48. The summed E-state index contributed by atoms with van der Waals surface area (Å²) in [7, 11) is 0. The molecule has 5 nitrogen and oxygen atoms in total. The predicted molar refractivity (Wildman–Crippen MR) is 70.4 cm³/mol. The lowest BCUT2D eigenvalue weighted by molar-refractivity contribution is -0.157. The van der Waals surface area contributed by atoms with Crippen molar-refractivity contribution in [3.05, 3.63) is 12.2 Å². The summed E-state index contributed by atoms with van der Waals surface area (Å²) in [6.07, 6.45) is 5.92. The molecule has 1 aliphatic heterocycles. The Morgan fingerprint density at radius 1 is 1.15 bits per heavy atom. The van der Waals surface area contributed by atoms with E-state index in [4.69, 9.17) is 0 Å². The first-order chi connectivity index (χ1) is 9.43. The van der Waals surface area contributed by atoms with Gasteiger partial charge in [-0.3, -0.25) is 14.5 Å². The average Bonchev–Trinajstić information content (AvgIpc) is 2.67. The molecule has 1 saturated carbocycles. The van der Waals surface area contributed by atoms with Crippen molar-refractivity contribution in [3.8, 4) is 0 Å². The first-order valence-electron chi connectivity index (χ1n) is 7.21. The van der Waals surface area contributed by atoms with E-state index in [1.54, 1.807) is 13.8 Å². The van der Waals surface area contributed by atoms with Gasteiger partial charge in [0.2, 0.25) is 11.8 Å². The predicted octanol–water partition coefficient (Wildman–Crippen LogP) is 1.29. The standard InChI is InChI=1S/C15H19NO4/c1-7(2)12(15(19)20)16-13(17)10-8-3-4-9(6-5-8)11(10)14(16)18/h3-4,7-12H,5-6H2,1-2H3,(H,19,20). The highest BCUT2D eigenvalue weighted by Crippen LogP contribution is 2.50. The lowest BCUT2D eigenvalue weighted by atomic mass is 9.63. The van der Waals surface area contributed by atoms with Crippen LogP contribution >= 0.6 is 0 Å². The second kappa shape index (κ2) is 4.43. The monoisotopic (exact) mass is 277 g/mol. The number of hydrogen-bond donors (Lipinski definition) is 1. The molecule has 108 valence electrons. The molecule has 1 heterocycles. The van der Waals surface area contributed by atoms with Gasteiger partial charge in [0, 0.05) is 0 Å². The Morgan fingerprint density at radius 2 is 1.60 bits per heavy atom. The number of nitrogens with zero attached hydrogens (tertiary/aromatic N) is 1. The van der Waals surface area contributed by atoms with E-state index in [2.05, 4.69) is 0 Å². The first-order valence-corrected chi connectivity index (χ1v) is 7.21. The first kappa shape index (κ1) is 13.3. The van der Waals surface area contributed by atoms with Crippen molar-refractivity contribution in [2.24, 2.45) is 29.6 Å². The second-order valence-electron chi connectivity index (χ2n) is 6.42. The van der Waals surface area contributed by atoms with Gasteiger partial charge in [-0.1, -0.05) is 26.0 Å². The molecule has 2 fully saturated rings. The number of hydrogen-bond acceptors (Lipinski definition) is 3. The van der Waals surface area contributed by atoms with Crippen LogP contribution in [0.15, 0.2) is 12.2 Å². The van der Waals surface area contributed by atoms with Crippen LogP contribution in [0.3, 0.4) is 0 Å². The van der Waals surface area contributed by atoms with Gasteiger partial charge in [-0.15, -0.1) is 0 Å². The Kier molecular flexibility index (Phi) is 2.96. The third-order valence-electron chi connectivity index (χ3n) is 4.96. The summed E-state index contributed by atoms with van der Waals surface area (Å²) < 4.78 is 0. The van der Waals surface area contributed by atoms with Gasteiger partial charge >= 0.3 is 5.97 Å². The molecule has 20 heavy (non-hydrogen) atoms. The summed E-state index contributed by atoms with van der Waals surface area (Å²) in [6.45, 7) is 3.46. The third-order valence-corrected chi connectivity index (χ3v) is 4.96. The smallest absolute Gasteiger partial charge is 0.327 e. The normalized spacial score (nSPS) is 36.6. The zero-order valence-corrected chi connectivity index (χ0v) is 11.7. The maximum Gasteiger partial charge on any atom is 0.327 e. The molecular weight excluding hydrogens is 258 g/mol. The molecule has 0 spiro atoms. The van der Waals surface area contributed by atoms with Crippen LogP contribution in [0.4, 0.5) is 0 Å². The molecule has 5 unspecified atom stereocenters. The van der Waals surface area contributed by atoms with Crippen LogP contribution < -0.4 is 0 Å². The molecule has 2 amide bonds. The Bertz CT molecular complexity index is 478. The van der Waals surface area contributed by atoms with E-state index >= 15 is 0 Å². The number of amides is 2. The Morgan fingerprint density at radius 3 is 1.90 bits per heavy atom. The molecule has 0 aromatic heterocycles. The zero-order chi connectivity index (χ0) is 14.6. The number of rotatable bonds is 3. The summed E-state index contributed by atoms with van der Waals surface area (Å²) in [5.41, 5.74) is 0. The minimum atomic E-state index is -1.10. The number of carboxylic acid groups (broad SMARTS) is 1. The Hall–Kier alpha value is -1.65. The Balaban J connectivity index is 1.98. The molecule has 1 saturated heterocycles. The highest BCUT2D eigenvalue weighted by molar-refractivity contribution is 6.08. The molecule has 0 radical (unpaired) electrons. The molecule has 0 aromatic rings. The summed E-state index contributed by atoms with van der Waals surface area (Å²) in [5.74, 6) is -2.38. The largest absolute Gasteiger partial charge is 0.480 e. The number of carbonyl (C=O) groups excluding carboxylic acids is 2. The molecule has 5 heteroatoms. The molecule has 0 aromatic carbocycles. The van der Waals surface area contributed by atoms with Crippen molar-refractivity contribution >= 4 is 17.8 Å². The van der Waals surface area contributed by atoms with E-state index in [1.165, 1.54) is 0 Å². The minimum Gasteiger partial charge on any atom is -0.480 e. The summed E-state index contributed by atoms with van der Waals surface area (Å²) in [5, 5.41) is 9.36. The molecule has 3 aliphatic carbocycles. The average molecular weight is 277 g/mol. The van der Waals surface area contributed by atoms with Crippen molar-refractivity contribution in [1.29, 1.82) is 0 Å². The van der Waals surface area contributed by atoms with E-state index in [9.17, 15) is 19.5 Å². The second-order valence-corrected chi connectivity index (χ2v) is 6.42. The zero-order valence-electron chi connectivity index (χ0n) is 11.7. The lowest BCUT2D eigenvalue weighted by Gasteiger charge is -2.38. The molecule has 5 atom stereocenters. The van der Waals surface area contributed by atoms with Crippen molar-refractivity contribution in [1.82, 2.24) is 4.90 Å². The van der Waals surface area contributed by atoms with E-state index in [-0.39, 0.29) is 41.4 Å². The van der Waals surface area contributed by atoms with Crippen molar-refractivity contribution in [3.63, 3.8) is 0 Å². The fraction of sp³-hybridized carbons (Fsp3) is 0.667. The van der Waals surface area contributed by atoms with Gasteiger partial charge < -0.3 is 5.11 Å². The van der Waals surface area contributed by atoms with Gasteiger partial charge in [0.1, 0.15) is 6.04 Å². The van der Waals surface area contributed by atoms with Gasteiger partial charge in [0.25, 0.3) is 0 Å². The highest BCUT2D eigenvalue weighted by atomic mass is 16.4. The van der Waals surface area contributed by atoms with Gasteiger partial charge in [-0.05, 0) is 30.6 Å². The van der Waals surface area contributed by atoms with Crippen LogP contribution in [0.1, 0.15) is 26.7 Å². The van der Waals surface area contributed by atoms with Crippen LogP contribution in [-0.2, 0) is 14.4 Å². The quantitative estimate of drug-likeness (QED) is 0.623. The van der Waals surface area contributed by atoms with Crippen molar-refractivity contribution in [2.45, 2.75) is 32.7 Å².